The fraction of sp³-hybridized carbons (Fsp3) is 0.474. The molecule has 1 unspecified atom stereocenters. The van der Waals surface area contributed by atoms with Gasteiger partial charge in [0.2, 0.25) is 5.56 Å². The summed E-state index contributed by atoms with van der Waals surface area (Å²) >= 11 is 0. The van der Waals surface area contributed by atoms with Crippen LogP contribution >= 0.6 is 0 Å². The third kappa shape index (κ3) is 2.10. The van der Waals surface area contributed by atoms with Crippen molar-refractivity contribution >= 4 is 16.8 Å². The number of nitrogens with one attached hydrogen (secondary N) is 1. The highest BCUT2D eigenvalue weighted by molar-refractivity contribution is 6.06. The third-order valence-electron chi connectivity index (χ3n) is 5.73. The first-order valence-corrected chi connectivity index (χ1v) is 8.55. The number of likely N-dealkylation sites (tertiary alicyclic amines) is 1. The van der Waals surface area contributed by atoms with Crippen LogP contribution in [0.1, 0.15) is 43.5 Å². The number of aromatic nitrogens is 1. The second kappa shape index (κ2) is 5.16. The van der Waals surface area contributed by atoms with Crippen molar-refractivity contribution < 1.29 is 9.18 Å². The number of hydrogen-bond acceptors (Lipinski definition) is 2. The van der Waals surface area contributed by atoms with Gasteiger partial charge in [-0.3, -0.25) is 9.59 Å². The summed E-state index contributed by atoms with van der Waals surface area (Å²) in [6.45, 7) is 5.06. The van der Waals surface area contributed by atoms with Crippen molar-refractivity contribution in [2.75, 3.05) is 6.54 Å². The first-order chi connectivity index (χ1) is 11.4. The van der Waals surface area contributed by atoms with Crippen molar-refractivity contribution in [2.45, 2.75) is 39.2 Å². The molecule has 2 aliphatic rings. The Kier molecular flexibility index (Phi) is 3.31. The van der Waals surface area contributed by atoms with E-state index in [4.69, 9.17) is 0 Å². The summed E-state index contributed by atoms with van der Waals surface area (Å²) in [5.41, 5.74) is 0.642. The fourth-order valence-electron chi connectivity index (χ4n) is 4.66. The van der Waals surface area contributed by atoms with Crippen molar-refractivity contribution in [3.8, 4) is 0 Å². The van der Waals surface area contributed by atoms with Crippen molar-refractivity contribution in [2.24, 2.45) is 11.3 Å². The van der Waals surface area contributed by atoms with Gasteiger partial charge in [0.1, 0.15) is 5.82 Å². The number of amides is 1. The average Bonchev–Trinajstić information content (AvgIpc) is 2.42. The van der Waals surface area contributed by atoms with Gasteiger partial charge in [-0.1, -0.05) is 20.3 Å². The summed E-state index contributed by atoms with van der Waals surface area (Å²) in [4.78, 5) is 29.5. The molecule has 5 heteroatoms. The first-order valence-electron chi connectivity index (χ1n) is 8.55. The Bertz CT molecular complexity index is 883. The van der Waals surface area contributed by atoms with E-state index >= 15 is 0 Å². The van der Waals surface area contributed by atoms with Crippen molar-refractivity contribution in [3.63, 3.8) is 0 Å². The summed E-state index contributed by atoms with van der Waals surface area (Å²) in [7, 11) is 0. The number of fused-ring (bicyclic) bond motifs is 1. The molecule has 1 amide bonds. The zero-order valence-corrected chi connectivity index (χ0v) is 13.9. The van der Waals surface area contributed by atoms with Crippen LogP contribution in [0.4, 0.5) is 4.39 Å². The summed E-state index contributed by atoms with van der Waals surface area (Å²) < 4.78 is 13.4. The minimum absolute atomic E-state index is 0.117. The maximum atomic E-state index is 13.4. The molecule has 1 atom stereocenters. The number of nitrogens with zero attached hydrogens (tertiary/aromatic N) is 1. The molecule has 0 radical (unpaired) electrons. The summed E-state index contributed by atoms with van der Waals surface area (Å²) in [6.07, 6.45) is 3.60. The molecule has 2 heterocycles. The SMILES string of the molecule is CC(C)C1N(C(=O)c2cc(=O)[nH]c3cc(F)ccc23)CC12CCC2. The molecule has 1 aromatic carbocycles. The van der Waals surface area contributed by atoms with E-state index in [0.29, 0.717) is 22.4 Å². The Labute approximate surface area is 139 Å². The van der Waals surface area contributed by atoms with Gasteiger partial charge in [0.05, 0.1) is 11.1 Å². The van der Waals surface area contributed by atoms with Crippen LogP contribution in [0.3, 0.4) is 0 Å². The number of carbonyl (C=O) groups excluding carboxylic acids is 1. The highest BCUT2D eigenvalue weighted by Crippen LogP contribution is 2.55. The number of benzene rings is 1. The van der Waals surface area contributed by atoms with Crippen molar-refractivity contribution in [3.05, 3.63) is 46.0 Å². The van der Waals surface area contributed by atoms with Gasteiger partial charge in [-0.15, -0.1) is 0 Å². The number of H-pyrrole nitrogens is 1. The monoisotopic (exact) mass is 328 g/mol. The molecule has 4 rings (SSSR count). The normalized spacial score (nSPS) is 21.8. The smallest absolute Gasteiger partial charge is 0.255 e. The summed E-state index contributed by atoms with van der Waals surface area (Å²) in [5, 5.41) is 0.595. The van der Waals surface area contributed by atoms with Crippen LogP contribution < -0.4 is 5.56 Å². The van der Waals surface area contributed by atoms with Crippen LogP contribution in [0.5, 0.6) is 0 Å². The number of hydrogen-bond donors (Lipinski definition) is 1. The number of rotatable bonds is 2. The van der Waals surface area contributed by atoms with E-state index in [0.717, 1.165) is 6.54 Å². The standard InChI is InChI=1S/C19H21FN2O2/c1-11(2)17-19(6-3-7-19)10-22(17)18(24)14-9-16(23)21-15-8-12(20)4-5-13(14)15/h4-5,8-9,11,17H,3,6-7,10H2,1-2H3,(H,21,23). The van der Waals surface area contributed by atoms with Crippen LogP contribution in [0.25, 0.3) is 10.9 Å². The van der Waals surface area contributed by atoms with E-state index in [1.54, 1.807) is 6.07 Å². The fourth-order valence-corrected chi connectivity index (χ4v) is 4.66. The minimum atomic E-state index is -0.430. The summed E-state index contributed by atoms with van der Waals surface area (Å²) in [5.74, 6) is -0.164. The van der Waals surface area contributed by atoms with Crippen molar-refractivity contribution in [1.29, 1.82) is 0 Å². The van der Waals surface area contributed by atoms with Gasteiger partial charge in [0, 0.05) is 29.5 Å². The minimum Gasteiger partial charge on any atom is -0.334 e. The molecule has 2 fully saturated rings. The molecular weight excluding hydrogens is 307 g/mol. The Balaban J connectivity index is 1.75. The van der Waals surface area contributed by atoms with Crippen LogP contribution in [-0.4, -0.2) is 28.4 Å². The molecule has 24 heavy (non-hydrogen) atoms. The average molecular weight is 328 g/mol. The quantitative estimate of drug-likeness (QED) is 0.919. The highest BCUT2D eigenvalue weighted by Gasteiger charge is 2.58. The Hall–Kier alpha value is -2.17. The number of halogens is 1. The number of pyridine rings is 1. The van der Waals surface area contributed by atoms with Crippen molar-refractivity contribution in [1.82, 2.24) is 9.88 Å². The lowest BCUT2D eigenvalue weighted by molar-refractivity contribution is -0.120. The highest BCUT2D eigenvalue weighted by atomic mass is 19.1. The van der Waals surface area contributed by atoms with Crippen LogP contribution in [-0.2, 0) is 0 Å². The lowest BCUT2D eigenvalue weighted by Crippen LogP contribution is -2.70. The van der Waals surface area contributed by atoms with Gasteiger partial charge in [0.25, 0.3) is 5.91 Å². The number of aromatic amines is 1. The molecule has 1 aliphatic carbocycles. The zero-order valence-electron chi connectivity index (χ0n) is 13.9. The van der Waals surface area contributed by atoms with Crippen LogP contribution in [0, 0.1) is 17.2 Å². The molecule has 1 aliphatic heterocycles. The molecule has 2 aromatic rings. The Morgan fingerprint density at radius 3 is 2.71 bits per heavy atom. The van der Waals surface area contributed by atoms with Gasteiger partial charge < -0.3 is 9.88 Å². The third-order valence-corrected chi connectivity index (χ3v) is 5.73. The van der Waals surface area contributed by atoms with Gasteiger partial charge in [0.15, 0.2) is 0 Å². The predicted molar refractivity (Wildman–Crippen MR) is 90.5 cm³/mol. The van der Waals surface area contributed by atoms with E-state index in [1.165, 1.54) is 37.5 Å². The van der Waals surface area contributed by atoms with Gasteiger partial charge in [-0.25, -0.2) is 4.39 Å². The molecule has 1 saturated heterocycles. The Morgan fingerprint density at radius 1 is 1.33 bits per heavy atom. The molecule has 1 saturated carbocycles. The lowest BCUT2D eigenvalue weighted by atomic mass is 9.55. The van der Waals surface area contributed by atoms with Gasteiger partial charge >= 0.3 is 0 Å². The summed E-state index contributed by atoms with van der Waals surface area (Å²) in [6, 6.07) is 5.72. The molecule has 1 aromatic heterocycles. The molecule has 4 nitrogen and oxygen atoms in total. The largest absolute Gasteiger partial charge is 0.334 e. The second-order valence-corrected chi connectivity index (χ2v) is 7.58. The molecule has 1 spiro atoms. The van der Waals surface area contributed by atoms with E-state index in [2.05, 4.69) is 18.8 Å². The van der Waals surface area contributed by atoms with Gasteiger partial charge in [-0.05, 0) is 37.0 Å². The van der Waals surface area contributed by atoms with Gasteiger partial charge in [-0.2, -0.15) is 0 Å². The van der Waals surface area contributed by atoms with Crippen LogP contribution in [0.15, 0.2) is 29.1 Å². The zero-order chi connectivity index (χ0) is 17.1. The first kappa shape index (κ1) is 15.4. The second-order valence-electron chi connectivity index (χ2n) is 7.58. The molecule has 126 valence electrons. The Morgan fingerprint density at radius 2 is 2.08 bits per heavy atom. The lowest BCUT2D eigenvalue weighted by Gasteiger charge is -2.64. The molecule has 0 bridgehead atoms. The maximum Gasteiger partial charge on any atom is 0.255 e. The van der Waals surface area contributed by atoms with E-state index in [-0.39, 0.29) is 22.9 Å². The predicted octanol–water partition coefficient (Wildman–Crippen LogP) is 3.32. The van der Waals surface area contributed by atoms with Crippen LogP contribution in [0.2, 0.25) is 0 Å². The van der Waals surface area contributed by atoms with E-state index in [1.807, 2.05) is 4.90 Å². The number of carbonyl (C=O) groups is 1. The maximum absolute atomic E-state index is 13.4. The molecular formula is C19H21FN2O2. The molecule has 1 N–H and O–H groups in total. The van der Waals surface area contributed by atoms with E-state index in [9.17, 15) is 14.0 Å². The topological polar surface area (TPSA) is 53.2 Å². The van der Waals surface area contributed by atoms with E-state index < -0.39 is 5.82 Å².